The van der Waals surface area contributed by atoms with Gasteiger partial charge in [0.05, 0.1) is 4.90 Å². The van der Waals surface area contributed by atoms with Gasteiger partial charge in [-0.2, -0.15) is 17.9 Å². The number of nitrogens with one attached hydrogen (secondary N) is 1. The number of unbranched alkanes of at least 4 members (excludes halogenated alkanes) is 1. The van der Waals surface area contributed by atoms with Crippen molar-refractivity contribution in [3.63, 3.8) is 0 Å². The summed E-state index contributed by atoms with van der Waals surface area (Å²) in [4.78, 5) is 13.9. The first-order valence-electron chi connectivity index (χ1n) is 9.41. The lowest BCUT2D eigenvalue weighted by atomic mass is 10.1. The summed E-state index contributed by atoms with van der Waals surface area (Å²) in [6.07, 6.45) is -3.60. The molecule has 10 heteroatoms. The number of ether oxygens (including phenoxy) is 1. The van der Waals surface area contributed by atoms with E-state index in [1.165, 1.54) is 6.07 Å². The summed E-state index contributed by atoms with van der Waals surface area (Å²) in [6, 6.07) is 8.52. The SMILES string of the molecule is CCCCC(NS(=O)(=O)c1cccc2c(N(C)C)cccc12)C(=O)OCC(F)(F)F. The topological polar surface area (TPSA) is 75.7 Å². The van der Waals surface area contributed by atoms with E-state index in [0.717, 1.165) is 5.69 Å². The van der Waals surface area contributed by atoms with E-state index in [4.69, 9.17) is 0 Å². The van der Waals surface area contributed by atoms with Gasteiger partial charge >= 0.3 is 12.1 Å². The summed E-state index contributed by atoms with van der Waals surface area (Å²) in [5, 5.41) is 1.13. The van der Waals surface area contributed by atoms with Crippen LogP contribution in [-0.4, -0.2) is 47.3 Å². The normalized spacial score (nSPS) is 13.3. The van der Waals surface area contributed by atoms with Crippen LogP contribution >= 0.6 is 0 Å². The quantitative estimate of drug-likeness (QED) is 0.593. The number of rotatable bonds is 9. The van der Waals surface area contributed by atoms with Crippen LogP contribution in [0.4, 0.5) is 18.9 Å². The molecule has 1 unspecified atom stereocenters. The van der Waals surface area contributed by atoms with E-state index in [0.29, 0.717) is 23.6 Å². The molecule has 0 aliphatic carbocycles. The average molecular weight is 446 g/mol. The Morgan fingerprint density at radius 1 is 1.13 bits per heavy atom. The number of carbonyl (C=O) groups excluding carboxylic acids is 1. The molecule has 0 aromatic heterocycles. The van der Waals surface area contributed by atoms with Crippen LogP contribution in [0.2, 0.25) is 0 Å². The number of carbonyl (C=O) groups is 1. The zero-order valence-electron chi connectivity index (χ0n) is 17.0. The number of hydrogen-bond acceptors (Lipinski definition) is 5. The summed E-state index contributed by atoms with van der Waals surface area (Å²) < 4.78 is 69.8. The molecule has 0 aliphatic rings. The molecule has 0 amide bonds. The monoisotopic (exact) mass is 446 g/mol. The molecular formula is C20H25F3N2O4S. The van der Waals surface area contributed by atoms with Crippen LogP contribution in [-0.2, 0) is 19.6 Å². The van der Waals surface area contributed by atoms with Crippen LogP contribution in [0.3, 0.4) is 0 Å². The molecule has 0 radical (unpaired) electrons. The van der Waals surface area contributed by atoms with E-state index in [9.17, 15) is 26.4 Å². The summed E-state index contributed by atoms with van der Waals surface area (Å²) in [5.41, 5.74) is 0.802. The minimum atomic E-state index is -4.69. The summed E-state index contributed by atoms with van der Waals surface area (Å²) >= 11 is 0. The smallest absolute Gasteiger partial charge is 0.422 e. The van der Waals surface area contributed by atoms with Gasteiger partial charge in [-0.25, -0.2) is 8.42 Å². The van der Waals surface area contributed by atoms with E-state index >= 15 is 0 Å². The summed E-state index contributed by atoms with van der Waals surface area (Å²) in [7, 11) is -0.558. The van der Waals surface area contributed by atoms with Crippen molar-refractivity contribution in [2.45, 2.75) is 43.3 Å². The molecule has 1 atom stereocenters. The first-order valence-corrected chi connectivity index (χ1v) is 10.9. The van der Waals surface area contributed by atoms with E-state index in [1.54, 1.807) is 24.3 Å². The van der Waals surface area contributed by atoms with Gasteiger partial charge in [-0.05, 0) is 18.6 Å². The molecule has 2 aromatic rings. The molecule has 0 heterocycles. The molecule has 0 bridgehead atoms. The minimum Gasteiger partial charge on any atom is -0.455 e. The fraction of sp³-hybridized carbons (Fsp3) is 0.450. The predicted molar refractivity (Wildman–Crippen MR) is 109 cm³/mol. The lowest BCUT2D eigenvalue weighted by Gasteiger charge is -2.20. The number of esters is 1. The Labute approximate surface area is 174 Å². The van der Waals surface area contributed by atoms with Gasteiger partial charge in [0.1, 0.15) is 6.04 Å². The summed E-state index contributed by atoms with van der Waals surface area (Å²) in [6.45, 7) is 0.0523. The highest BCUT2D eigenvalue weighted by Gasteiger charge is 2.33. The Bertz CT molecular complexity index is 991. The number of halogens is 3. The van der Waals surface area contributed by atoms with Gasteiger partial charge in [-0.3, -0.25) is 4.79 Å². The van der Waals surface area contributed by atoms with Crippen molar-refractivity contribution in [3.8, 4) is 0 Å². The fourth-order valence-electron chi connectivity index (χ4n) is 3.03. The van der Waals surface area contributed by atoms with Crippen LogP contribution in [0.1, 0.15) is 26.2 Å². The minimum absolute atomic E-state index is 0.0279. The second-order valence-corrected chi connectivity index (χ2v) is 8.74. The number of anilines is 1. The molecule has 0 saturated heterocycles. The van der Waals surface area contributed by atoms with Gasteiger partial charge < -0.3 is 9.64 Å². The molecule has 30 heavy (non-hydrogen) atoms. The molecular weight excluding hydrogens is 421 g/mol. The molecule has 0 aliphatic heterocycles. The maximum absolute atomic E-state index is 13.1. The maximum Gasteiger partial charge on any atom is 0.422 e. The number of sulfonamides is 1. The van der Waals surface area contributed by atoms with E-state index in [-0.39, 0.29) is 11.3 Å². The highest BCUT2D eigenvalue weighted by Crippen LogP contribution is 2.30. The first-order chi connectivity index (χ1) is 14.0. The number of fused-ring (bicyclic) bond motifs is 1. The Morgan fingerprint density at radius 2 is 1.77 bits per heavy atom. The Morgan fingerprint density at radius 3 is 2.37 bits per heavy atom. The van der Waals surface area contributed by atoms with Crippen molar-refractivity contribution in [2.24, 2.45) is 0 Å². The standard InChI is InChI=1S/C20H25F3N2O4S/c1-4-5-10-16(19(26)29-13-20(21,22)23)24-30(27,28)18-12-7-8-14-15(18)9-6-11-17(14)25(2)3/h6-9,11-12,16,24H,4-5,10,13H2,1-3H3. The third kappa shape index (κ3) is 6.09. The molecule has 6 nitrogen and oxygen atoms in total. The van der Waals surface area contributed by atoms with Crippen LogP contribution < -0.4 is 9.62 Å². The van der Waals surface area contributed by atoms with Gasteiger partial charge in [-0.15, -0.1) is 0 Å². The zero-order chi connectivity index (χ0) is 22.5. The molecule has 0 fully saturated rings. The summed E-state index contributed by atoms with van der Waals surface area (Å²) in [5.74, 6) is -1.25. The lowest BCUT2D eigenvalue weighted by Crippen LogP contribution is -2.42. The van der Waals surface area contributed by atoms with E-state index in [2.05, 4.69) is 9.46 Å². The Balaban J connectivity index is 2.38. The number of hydrogen-bond donors (Lipinski definition) is 1. The van der Waals surface area contributed by atoms with E-state index in [1.807, 2.05) is 32.0 Å². The van der Waals surface area contributed by atoms with Gasteiger partial charge in [0, 0.05) is 30.6 Å². The largest absolute Gasteiger partial charge is 0.455 e. The van der Waals surface area contributed by atoms with Gasteiger partial charge in [-0.1, -0.05) is 44.0 Å². The average Bonchev–Trinajstić information content (AvgIpc) is 2.67. The second-order valence-electron chi connectivity index (χ2n) is 7.06. The predicted octanol–water partition coefficient (Wildman–Crippen LogP) is 3.85. The van der Waals surface area contributed by atoms with Crippen molar-refractivity contribution in [1.82, 2.24) is 4.72 Å². The molecule has 2 aromatic carbocycles. The molecule has 1 N–H and O–H groups in total. The lowest BCUT2D eigenvalue weighted by molar-refractivity contribution is -0.187. The Kier molecular flexibility index (Phi) is 7.70. The second kappa shape index (κ2) is 9.65. The maximum atomic E-state index is 13.1. The van der Waals surface area contributed by atoms with Crippen molar-refractivity contribution in [3.05, 3.63) is 36.4 Å². The number of benzene rings is 2. The van der Waals surface area contributed by atoms with Crippen LogP contribution in [0.5, 0.6) is 0 Å². The van der Waals surface area contributed by atoms with E-state index < -0.39 is 34.8 Å². The number of alkyl halides is 3. The highest BCUT2D eigenvalue weighted by molar-refractivity contribution is 7.89. The van der Waals surface area contributed by atoms with Crippen LogP contribution in [0.15, 0.2) is 41.3 Å². The first kappa shape index (κ1) is 23.9. The van der Waals surface area contributed by atoms with Crippen molar-refractivity contribution in [1.29, 1.82) is 0 Å². The van der Waals surface area contributed by atoms with Crippen molar-refractivity contribution in [2.75, 3.05) is 25.6 Å². The molecule has 0 spiro atoms. The molecule has 166 valence electrons. The fourth-order valence-corrected chi connectivity index (χ4v) is 4.47. The molecule has 0 saturated carbocycles. The third-order valence-electron chi connectivity index (χ3n) is 4.44. The van der Waals surface area contributed by atoms with Gasteiger partial charge in [0.15, 0.2) is 6.61 Å². The highest BCUT2D eigenvalue weighted by atomic mass is 32.2. The van der Waals surface area contributed by atoms with Crippen LogP contribution in [0, 0.1) is 0 Å². The zero-order valence-corrected chi connectivity index (χ0v) is 17.8. The van der Waals surface area contributed by atoms with Crippen molar-refractivity contribution < 1.29 is 31.1 Å². The van der Waals surface area contributed by atoms with Gasteiger partial charge in [0.2, 0.25) is 10.0 Å². The Hall–Kier alpha value is -2.33. The number of nitrogens with zero attached hydrogens (tertiary/aromatic N) is 1. The van der Waals surface area contributed by atoms with Crippen LogP contribution in [0.25, 0.3) is 10.8 Å². The van der Waals surface area contributed by atoms with Crippen molar-refractivity contribution >= 4 is 32.5 Å². The third-order valence-corrected chi connectivity index (χ3v) is 5.97. The molecule has 2 rings (SSSR count). The van der Waals surface area contributed by atoms with Gasteiger partial charge in [0.25, 0.3) is 0 Å².